The molecule has 1 rings (SSSR count). The lowest BCUT2D eigenvalue weighted by atomic mass is 10.1. The van der Waals surface area contributed by atoms with Crippen LogP contribution in [0.2, 0.25) is 0 Å². The van der Waals surface area contributed by atoms with Crippen molar-refractivity contribution in [1.29, 1.82) is 0 Å². The zero-order chi connectivity index (χ0) is 10.2. The van der Waals surface area contributed by atoms with E-state index in [1.807, 2.05) is 6.08 Å². The molecule has 1 aliphatic rings. The largest absolute Gasteiger partial charge is 0.349 e. The summed E-state index contributed by atoms with van der Waals surface area (Å²) in [5.74, 6) is 0. The van der Waals surface area contributed by atoms with Crippen molar-refractivity contribution in [3.8, 4) is 0 Å². The summed E-state index contributed by atoms with van der Waals surface area (Å²) in [6, 6.07) is 0. The molecule has 1 heterocycles. The Labute approximate surface area is 87.3 Å². The van der Waals surface area contributed by atoms with Crippen molar-refractivity contribution in [1.82, 2.24) is 0 Å². The zero-order valence-corrected chi connectivity index (χ0v) is 9.37. The van der Waals surface area contributed by atoms with Crippen LogP contribution >= 0.6 is 0 Å². The molecule has 0 spiro atoms. The van der Waals surface area contributed by atoms with E-state index < -0.39 is 0 Å². The third kappa shape index (κ3) is 4.25. The molecule has 1 aliphatic heterocycles. The molecule has 0 aromatic carbocycles. The Kier molecular flexibility index (Phi) is 5.88. The zero-order valence-electron chi connectivity index (χ0n) is 9.37. The number of unbranched alkanes of at least 4 members (excludes halogenated alkanes) is 1. The normalized spacial score (nSPS) is 28.4. The van der Waals surface area contributed by atoms with Crippen LogP contribution in [-0.4, -0.2) is 19.0 Å². The minimum atomic E-state index is -0.0909. The van der Waals surface area contributed by atoms with Crippen LogP contribution in [0.5, 0.6) is 0 Å². The molecule has 0 aromatic heterocycles. The second-order valence-corrected chi connectivity index (χ2v) is 3.79. The Bertz CT molecular complexity index is 164. The highest BCUT2D eigenvalue weighted by atomic mass is 16.7. The molecule has 1 fully saturated rings. The molecule has 0 aromatic rings. The van der Waals surface area contributed by atoms with Gasteiger partial charge in [0, 0.05) is 0 Å². The molecule has 2 nitrogen and oxygen atoms in total. The van der Waals surface area contributed by atoms with Gasteiger partial charge in [-0.3, -0.25) is 0 Å². The van der Waals surface area contributed by atoms with E-state index >= 15 is 0 Å². The van der Waals surface area contributed by atoms with Gasteiger partial charge in [-0.2, -0.15) is 0 Å². The Morgan fingerprint density at radius 3 is 2.86 bits per heavy atom. The molecular formula is C12H22O2. The van der Waals surface area contributed by atoms with Gasteiger partial charge in [0.25, 0.3) is 0 Å². The first kappa shape index (κ1) is 11.7. The first-order valence-electron chi connectivity index (χ1n) is 5.80. The van der Waals surface area contributed by atoms with E-state index in [0.717, 1.165) is 25.9 Å². The molecule has 0 N–H and O–H groups in total. The summed E-state index contributed by atoms with van der Waals surface area (Å²) in [5, 5.41) is 0. The highest BCUT2D eigenvalue weighted by Gasteiger charge is 2.19. The first-order valence-corrected chi connectivity index (χ1v) is 5.80. The van der Waals surface area contributed by atoms with E-state index in [0.29, 0.717) is 6.10 Å². The standard InChI is InChI=1S/C12H22O2/c1-3-5-6-8-12-13-10-9-11(14-12)7-4-2/h6,8,11-12H,3-5,7,9-10H2,1-2H3/b8-6+. The fourth-order valence-corrected chi connectivity index (χ4v) is 1.62. The van der Waals surface area contributed by atoms with Crippen molar-refractivity contribution in [3.05, 3.63) is 12.2 Å². The number of hydrogen-bond acceptors (Lipinski definition) is 2. The fraction of sp³-hybridized carbons (Fsp3) is 0.833. The Balaban J connectivity index is 2.25. The minimum absolute atomic E-state index is 0.0909. The van der Waals surface area contributed by atoms with Crippen molar-refractivity contribution in [2.24, 2.45) is 0 Å². The maximum Gasteiger partial charge on any atom is 0.177 e. The fourth-order valence-electron chi connectivity index (χ4n) is 1.62. The predicted octanol–water partition coefficient (Wildman–Crippen LogP) is 3.27. The van der Waals surface area contributed by atoms with E-state index in [2.05, 4.69) is 19.9 Å². The van der Waals surface area contributed by atoms with Gasteiger partial charge in [0.2, 0.25) is 0 Å². The molecule has 0 aliphatic carbocycles. The summed E-state index contributed by atoms with van der Waals surface area (Å²) < 4.78 is 11.3. The average molecular weight is 198 g/mol. The maximum atomic E-state index is 5.76. The van der Waals surface area contributed by atoms with Gasteiger partial charge in [-0.15, -0.1) is 0 Å². The lowest BCUT2D eigenvalue weighted by Crippen LogP contribution is -2.30. The average Bonchev–Trinajstić information content (AvgIpc) is 2.19. The molecule has 1 saturated heterocycles. The highest BCUT2D eigenvalue weighted by molar-refractivity contribution is 4.86. The molecule has 2 atom stereocenters. The lowest BCUT2D eigenvalue weighted by molar-refractivity contribution is -0.188. The SMILES string of the molecule is CCC/C=C/C1OCCC(CCC)O1. The van der Waals surface area contributed by atoms with Crippen LogP contribution in [0.25, 0.3) is 0 Å². The van der Waals surface area contributed by atoms with Gasteiger partial charge < -0.3 is 9.47 Å². The Morgan fingerprint density at radius 1 is 1.29 bits per heavy atom. The van der Waals surface area contributed by atoms with Crippen molar-refractivity contribution in [3.63, 3.8) is 0 Å². The van der Waals surface area contributed by atoms with E-state index in [4.69, 9.17) is 9.47 Å². The van der Waals surface area contributed by atoms with E-state index in [1.54, 1.807) is 0 Å². The molecule has 0 amide bonds. The smallest absolute Gasteiger partial charge is 0.177 e. The molecular weight excluding hydrogens is 176 g/mol. The summed E-state index contributed by atoms with van der Waals surface area (Å²) in [6.07, 6.45) is 10.2. The molecule has 82 valence electrons. The summed E-state index contributed by atoms with van der Waals surface area (Å²) in [4.78, 5) is 0. The molecule has 0 radical (unpaired) electrons. The molecule has 2 unspecified atom stereocenters. The second kappa shape index (κ2) is 7.02. The Morgan fingerprint density at radius 2 is 2.14 bits per heavy atom. The maximum absolute atomic E-state index is 5.76. The van der Waals surface area contributed by atoms with Crippen LogP contribution in [-0.2, 0) is 9.47 Å². The van der Waals surface area contributed by atoms with Gasteiger partial charge in [0.05, 0.1) is 12.7 Å². The number of ether oxygens (including phenoxy) is 2. The lowest BCUT2D eigenvalue weighted by Gasteiger charge is -2.28. The number of hydrogen-bond donors (Lipinski definition) is 0. The molecule has 2 heteroatoms. The highest BCUT2D eigenvalue weighted by Crippen LogP contribution is 2.17. The predicted molar refractivity (Wildman–Crippen MR) is 58.2 cm³/mol. The quantitative estimate of drug-likeness (QED) is 0.631. The van der Waals surface area contributed by atoms with Crippen LogP contribution in [0.4, 0.5) is 0 Å². The van der Waals surface area contributed by atoms with Crippen molar-refractivity contribution < 1.29 is 9.47 Å². The van der Waals surface area contributed by atoms with Crippen molar-refractivity contribution in [2.45, 2.75) is 58.3 Å². The topological polar surface area (TPSA) is 18.5 Å². The van der Waals surface area contributed by atoms with Gasteiger partial charge in [-0.1, -0.05) is 32.8 Å². The minimum Gasteiger partial charge on any atom is -0.349 e. The van der Waals surface area contributed by atoms with Crippen LogP contribution in [0.1, 0.15) is 46.0 Å². The monoisotopic (exact) mass is 198 g/mol. The van der Waals surface area contributed by atoms with Crippen molar-refractivity contribution >= 4 is 0 Å². The van der Waals surface area contributed by atoms with Gasteiger partial charge in [0.1, 0.15) is 0 Å². The third-order valence-corrected chi connectivity index (χ3v) is 2.41. The van der Waals surface area contributed by atoms with Crippen LogP contribution in [0, 0.1) is 0 Å². The van der Waals surface area contributed by atoms with E-state index in [1.165, 1.54) is 12.8 Å². The summed E-state index contributed by atoms with van der Waals surface area (Å²) >= 11 is 0. The number of rotatable bonds is 5. The van der Waals surface area contributed by atoms with Gasteiger partial charge in [-0.25, -0.2) is 0 Å². The summed E-state index contributed by atoms with van der Waals surface area (Å²) in [7, 11) is 0. The van der Waals surface area contributed by atoms with E-state index in [9.17, 15) is 0 Å². The molecule has 0 saturated carbocycles. The van der Waals surface area contributed by atoms with Gasteiger partial charge in [-0.05, 0) is 25.3 Å². The second-order valence-electron chi connectivity index (χ2n) is 3.79. The summed E-state index contributed by atoms with van der Waals surface area (Å²) in [5.41, 5.74) is 0. The van der Waals surface area contributed by atoms with Crippen LogP contribution < -0.4 is 0 Å². The summed E-state index contributed by atoms with van der Waals surface area (Å²) in [6.45, 7) is 5.21. The van der Waals surface area contributed by atoms with Crippen molar-refractivity contribution in [2.75, 3.05) is 6.61 Å². The third-order valence-electron chi connectivity index (χ3n) is 2.41. The number of allylic oxidation sites excluding steroid dienone is 1. The molecule has 0 bridgehead atoms. The van der Waals surface area contributed by atoms with Gasteiger partial charge >= 0.3 is 0 Å². The molecule has 14 heavy (non-hydrogen) atoms. The van der Waals surface area contributed by atoms with Crippen LogP contribution in [0.15, 0.2) is 12.2 Å². The first-order chi connectivity index (χ1) is 6.86. The Hall–Kier alpha value is -0.340. The van der Waals surface area contributed by atoms with E-state index in [-0.39, 0.29) is 6.29 Å². The van der Waals surface area contributed by atoms with Crippen LogP contribution in [0.3, 0.4) is 0 Å². The van der Waals surface area contributed by atoms with Gasteiger partial charge in [0.15, 0.2) is 6.29 Å².